The Kier molecular flexibility index (Phi) is 3.82. The molecule has 0 radical (unpaired) electrons. The van der Waals surface area contributed by atoms with Crippen molar-refractivity contribution in [2.45, 2.75) is 0 Å². The summed E-state index contributed by atoms with van der Waals surface area (Å²) in [5, 5.41) is 22.5. The van der Waals surface area contributed by atoms with E-state index in [0.29, 0.717) is 10.0 Å². The molecule has 0 atom stereocenters. The smallest absolute Gasteiger partial charge is 0.262 e. The second-order valence-corrected chi connectivity index (χ2v) is 5.68. The third-order valence-electron chi connectivity index (χ3n) is 3.08. The zero-order valence-corrected chi connectivity index (χ0v) is 13.5. The number of aromatic hydroxyl groups is 1. The second kappa shape index (κ2) is 5.78. The second-order valence-electron chi connectivity index (χ2n) is 4.43. The highest BCUT2D eigenvalue weighted by Crippen LogP contribution is 2.33. The summed E-state index contributed by atoms with van der Waals surface area (Å²) in [7, 11) is 0. The molecule has 0 aliphatic rings. The number of phenolic OH excluding ortho intramolecular Hbond substituents is 1. The molecule has 0 aliphatic carbocycles. The van der Waals surface area contributed by atoms with Crippen molar-refractivity contribution in [2.75, 3.05) is 11.3 Å². The van der Waals surface area contributed by atoms with Crippen LogP contribution in [-0.4, -0.2) is 26.2 Å². The molecule has 3 rings (SSSR count). The number of nitrogens with zero attached hydrogens (tertiary/aromatic N) is 3. The summed E-state index contributed by atoms with van der Waals surface area (Å²) >= 11 is 8.23. The fraction of sp³-hybridized carbons (Fsp3) is 0. The number of hydrazone groups is 1. The first-order valence-corrected chi connectivity index (χ1v) is 7.40. The topological polar surface area (TPSA) is 104 Å². The van der Waals surface area contributed by atoms with Crippen molar-refractivity contribution in [3.05, 3.63) is 45.1 Å². The summed E-state index contributed by atoms with van der Waals surface area (Å²) in [6.45, 7) is 0. The summed E-state index contributed by atoms with van der Waals surface area (Å²) in [5.41, 5.74) is 3.24. The number of H-pyrrole nitrogens is 1. The van der Waals surface area contributed by atoms with E-state index in [1.807, 2.05) is 30.3 Å². The van der Waals surface area contributed by atoms with Gasteiger partial charge in [0, 0.05) is 5.56 Å². The first kappa shape index (κ1) is 14.5. The molecule has 0 spiro atoms. The predicted molar refractivity (Wildman–Crippen MR) is 92.1 cm³/mol. The number of nitrogens with two attached hydrogens (primary N) is 1. The summed E-state index contributed by atoms with van der Waals surface area (Å²) in [4.78, 5) is 0. The maximum atomic E-state index is 10.2. The molecule has 0 aliphatic heterocycles. The first-order valence-electron chi connectivity index (χ1n) is 6.19. The summed E-state index contributed by atoms with van der Waals surface area (Å²) < 4.78 is 2.02. The molecular weight excluding hydrogens is 368 g/mol. The monoisotopic (exact) mass is 378 g/mol. The van der Waals surface area contributed by atoms with E-state index in [9.17, 15) is 5.11 Å². The van der Waals surface area contributed by atoms with E-state index in [-0.39, 0.29) is 16.5 Å². The molecule has 7 nitrogen and oxygen atoms in total. The zero-order chi connectivity index (χ0) is 15.7. The Labute approximate surface area is 138 Å². The summed E-state index contributed by atoms with van der Waals surface area (Å²) in [5.74, 6) is 6.02. The Morgan fingerprint density at radius 3 is 2.95 bits per heavy atom. The van der Waals surface area contributed by atoms with Gasteiger partial charge in [-0.3, -0.25) is 0 Å². The molecule has 0 amide bonds. The van der Waals surface area contributed by atoms with Crippen LogP contribution in [-0.2, 0) is 0 Å². The fourth-order valence-electron chi connectivity index (χ4n) is 2.00. The number of aromatic nitrogens is 3. The number of hydrogen-bond acceptors (Lipinski definition) is 6. The van der Waals surface area contributed by atoms with Gasteiger partial charge >= 0.3 is 0 Å². The van der Waals surface area contributed by atoms with Crippen LogP contribution in [0.5, 0.6) is 5.75 Å². The van der Waals surface area contributed by atoms with Gasteiger partial charge in [-0.05, 0) is 45.0 Å². The van der Waals surface area contributed by atoms with Crippen molar-refractivity contribution in [3.63, 3.8) is 0 Å². The van der Waals surface area contributed by atoms with Gasteiger partial charge < -0.3 is 10.9 Å². The molecule has 0 unspecified atom stereocenters. The lowest BCUT2D eigenvalue weighted by Gasteiger charge is -2.07. The third kappa shape index (κ3) is 2.55. The van der Waals surface area contributed by atoms with E-state index in [1.54, 1.807) is 0 Å². The van der Waals surface area contributed by atoms with Crippen molar-refractivity contribution < 1.29 is 5.11 Å². The minimum Gasteiger partial charge on any atom is -0.506 e. The number of anilines is 1. The van der Waals surface area contributed by atoms with Crippen LogP contribution in [0.15, 0.2) is 39.9 Å². The van der Waals surface area contributed by atoms with Gasteiger partial charge in [0.2, 0.25) is 4.77 Å². The Morgan fingerprint density at radius 1 is 1.45 bits per heavy atom. The van der Waals surface area contributed by atoms with Crippen molar-refractivity contribution in [2.24, 2.45) is 5.10 Å². The van der Waals surface area contributed by atoms with Crippen molar-refractivity contribution in [3.8, 4) is 5.75 Å². The van der Waals surface area contributed by atoms with Crippen LogP contribution in [0.4, 0.5) is 5.95 Å². The third-order valence-corrected chi connectivity index (χ3v) is 3.97. The quantitative estimate of drug-likeness (QED) is 0.242. The minimum atomic E-state index is 0.107. The predicted octanol–water partition coefficient (Wildman–Crippen LogP) is 2.72. The van der Waals surface area contributed by atoms with E-state index in [1.165, 1.54) is 6.21 Å². The van der Waals surface area contributed by atoms with Gasteiger partial charge in [0.05, 0.1) is 10.7 Å². The average molecular weight is 379 g/mol. The Morgan fingerprint density at radius 2 is 2.23 bits per heavy atom. The molecule has 2 aromatic carbocycles. The van der Waals surface area contributed by atoms with E-state index in [4.69, 9.17) is 18.1 Å². The lowest BCUT2D eigenvalue weighted by atomic mass is 10.0. The van der Waals surface area contributed by atoms with Crippen molar-refractivity contribution in [1.29, 1.82) is 0 Å². The molecule has 9 heteroatoms. The number of hydrogen-bond donors (Lipinski definition) is 4. The highest BCUT2D eigenvalue weighted by atomic mass is 79.9. The molecule has 0 bridgehead atoms. The Balaban J connectivity index is 1.99. The van der Waals surface area contributed by atoms with Crippen molar-refractivity contribution in [1.82, 2.24) is 14.9 Å². The van der Waals surface area contributed by atoms with Gasteiger partial charge in [-0.1, -0.05) is 24.3 Å². The largest absolute Gasteiger partial charge is 0.506 e. The van der Waals surface area contributed by atoms with Gasteiger partial charge in [-0.2, -0.15) is 9.78 Å². The van der Waals surface area contributed by atoms with E-state index in [2.05, 4.69) is 36.7 Å². The van der Waals surface area contributed by atoms with Crippen LogP contribution in [0.25, 0.3) is 10.8 Å². The van der Waals surface area contributed by atoms with Gasteiger partial charge in [-0.25, -0.2) is 10.5 Å². The molecule has 1 heterocycles. The van der Waals surface area contributed by atoms with E-state index >= 15 is 0 Å². The van der Waals surface area contributed by atoms with Crippen LogP contribution in [0.1, 0.15) is 5.56 Å². The van der Waals surface area contributed by atoms with Crippen LogP contribution in [0, 0.1) is 4.77 Å². The molecule has 0 fully saturated rings. The molecular formula is C13H11BrN6OS. The van der Waals surface area contributed by atoms with Crippen LogP contribution in [0.2, 0.25) is 0 Å². The first-order chi connectivity index (χ1) is 10.6. The number of nitrogen functional groups attached to an aromatic ring is 1. The Bertz CT molecular complexity index is 932. The molecule has 3 aromatic rings. The molecule has 0 saturated heterocycles. The van der Waals surface area contributed by atoms with Gasteiger partial charge in [0.25, 0.3) is 5.95 Å². The zero-order valence-electron chi connectivity index (χ0n) is 11.1. The van der Waals surface area contributed by atoms with E-state index in [0.717, 1.165) is 15.4 Å². The highest BCUT2D eigenvalue weighted by molar-refractivity contribution is 9.10. The number of fused-ring (bicyclic) bond motifs is 1. The van der Waals surface area contributed by atoms with Crippen LogP contribution < -0.4 is 11.3 Å². The summed E-state index contributed by atoms with van der Waals surface area (Å²) in [6, 6.07) is 9.53. The number of phenols is 1. The standard InChI is InChI=1S/C13H11BrN6OS/c14-10-5-7-3-1-2-4-8(7)9(11(10)21)6-16-17-12-18-19-13(22)20(12)15/h1-6,21H,15H2,(H,17,18)(H,19,22). The molecule has 0 saturated carbocycles. The molecule has 5 N–H and O–H groups in total. The molecule has 112 valence electrons. The number of halogens is 1. The van der Waals surface area contributed by atoms with Gasteiger partial charge in [0.1, 0.15) is 5.75 Å². The number of rotatable bonds is 3. The lowest BCUT2D eigenvalue weighted by molar-refractivity contribution is 0.472. The van der Waals surface area contributed by atoms with E-state index < -0.39 is 0 Å². The SMILES string of the molecule is Nn1c(NN=Cc2c(O)c(Br)cc3ccccc23)n[nH]c1=S. The maximum Gasteiger partial charge on any atom is 0.262 e. The van der Waals surface area contributed by atoms with Crippen molar-refractivity contribution >= 4 is 51.1 Å². The number of nitrogens with one attached hydrogen (secondary N) is 2. The summed E-state index contributed by atoms with van der Waals surface area (Å²) in [6.07, 6.45) is 1.50. The highest BCUT2D eigenvalue weighted by Gasteiger charge is 2.09. The fourth-order valence-corrected chi connectivity index (χ4v) is 2.59. The van der Waals surface area contributed by atoms with Crippen LogP contribution >= 0.6 is 28.1 Å². The minimum absolute atomic E-state index is 0.107. The average Bonchev–Trinajstić information content (AvgIpc) is 2.83. The molecule has 1 aromatic heterocycles. The Hall–Kier alpha value is -2.39. The maximum absolute atomic E-state index is 10.2. The molecule has 22 heavy (non-hydrogen) atoms. The van der Waals surface area contributed by atoms with Crippen LogP contribution in [0.3, 0.4) is 0 Å². The number of benzene rings is 2. The number of aromatic amines is 1. The van der Waals surface area contributed by atoms with Gasteiger partial charge in [-0.15, -0.1) is 5.10 Å². The normalized spacial score (nSPS) is 11.3. The lowest BCUT2D eigenvalue weighted by Crippen LogP contribution is -2.11. The van der Waals surface area contributed by atoms with Gasteiger partial charge in [0.15, 0.2) is 0 Å².